The molecule has 0 amide bonds. The highest BCUT2D eigenvalue weighted by molar-refractivity contribution is 7.98. The van der Waals surface area contributed by atoms with E-state index in [0.717, 1.165) is 48.1 Å². The second-order valence-electron chi connectivity index (χ2n) is 6.94. The molecular formula is C19H24N8OS. The van der Waals surface area contributed by atoms with Gasteiger partial charge < -0.3 is 15.4 Å². The van der Waals surface area contributed by atoms with Gasteiger partial charge in [-0.3, -0.25) is 4.90 Å². The van der Waals surface area contributed by atoms with E-state index >= 15 is 0 Å². The van der Waals surface area contributed by atoms with Gasteiger partial charge in [0.1, 0.15) is 16.7 Å². The first-order chi connectivity index (χ1) is 14.1. The maximum atomic E-state index is 5.85. The molecule has 1 saturated heterocycles. The van der Waals surface area contributed by atoms with Gasteiger partial charge in [0.2, 0.25) is 11.9 Å². The Bertz CT molecular complexity index is 993. The van der Waals surface area contributed by atoms with Crippen molar-refractivity contribution in [3.05, 3.63) is 35.9 Å². The van der Waals surface area contributed by atoms with Gasteiger partial charge >= 0.3 is 0 Å². The Hall–Kier alpha value is -2.56. The van der Waals surface area contributed by atoms with E-state index in [9.17, 15) is 0 Å². The summed E-state index contributed by atoms with van der Waals surface area (Å²) in [5, 5.41) is 1.95. The van der Waals surface area contributed by atoms with Crippen LogP contribution in [0.25, 0.3) is 10.9 Å². The molecule has 0 bridgehead atoms. The van der Waals surface area contributed by atoms with E-state index in [2.05, 4.69) is 19.9 Å². The van der Waals surface area contributed by atoms with E-state index in [1.807, 2.05) is 43.3 Å². The molecular weight excluding hydrogens is 388 g/mol. The quantitative estimate of drug-likeness (QED) is 0.474. The number of benzene rings is 1. The molecule has 1 aliphatic rings. The third kappa shape index (κ3) is 4.89. The third-order valence-corrected chi connectivity index (χ3v) is 5.50. The molecule has 4 rings (SSSR count). The minimum Gasteiger partial charge on any atom is -0.379 e. The molecule has 0 atom stereocenters. The normalized spacial score (nSPS) is 15.0. The number of anilines is 2. The molecule has 0 spiro atoms. The van der Waals surface area contributed by atoms with Crippen LogP contribution >= 0.6 is 11.8 Å². The number of para-hydroxylation sites is 1. The topological polar surface area (TPSA) is 106 Å². The monoisotopic (exact) mass is 412 g/mol. The van der Waals surface area contributed by atoms with E-state index < -0.39 is 0 Å². The Morgan fingerprint density at radius 1 is 1.03 bits per heavy atom. The van der Waals surface area contributed by atoms with Crippen molar-refractivity contribution in [3.8, 4) is 0 Å². The summed E-state index contributed by atoms with van der Waals surface area (Å²) in [5.74, 6) is 2.76. The fraction of sp³-hybridized carbons (Fsp3) is 0.421. The molecule has 2 aromatic heterocycles. The summed E-state index contributed by atoms with van der Waals surface area (Å²) in [4.78, 5) is 26.6. The van der Waals surface area contributed by atoms with E-state index in [4.69, 9.17) is 20.4 Å². The van der Waals surface area contributed by atoms with Crippen molar-refractivity contribution in [1.29, 1.82) is 0 Å². The zero-order chi connectivity index (χ0) is 20.2. The number of rotatable bonds is 6. The lowest BCUT2D eigenvalue weighted by Crippen LogP contribution is -2.36. The molecule has 152 valence electrons. The van der Waals surface area contributed by atoms with E-state index in [-0.39, 0.29) is 5.95 Å². The average Bonchev–Trinajstić information content (AvgIpc) is 2.72. The van der Waals surface area contributed by atoms with Gasteiger partial charge in [0.05, 0.1) is 31.0 Å². The highest BCUT2D eigenvalue weighted by Crippen LogP contribution is 2.28. The first-order valence-electron chi connectivity index (χ1n) is 9.45. The molecule has 3 heterocycles. The number of nitrogens with two attached hydrogens (primary N) is 1. The largest absolute Gasteiger partial charge is 0.379 e. The number of ether oxygens (including phenoxy) is 1. The minimum atomic E-state index is 0.222. The van der Waals surface area contributed by atoms with Gasteiger partial charge in [-0.15, -0.1) is 0 Å². The van der Waals surface area contributed by atoms with Crippen LogP contribution in [0.3, 0.4) is 0 Å². The van der Waals surface area contributed by atoms with Crippen LogP contribution in [0.4, 0.5) is 11.9 Å². The van der Waals surface area contributed by atoms with Crippen LogP contribution in [0.1, 0.15) is 11.6 Å². The Morgan fingerprint density at radius 2 is 1.83 bits per heavy atom. The molecule has 3 aromatic rings. The molecule has 0 aliphatic carbocycles. The van der Waals surface area contributed by atoms with Crippen molar-refractivity contribution in [1.82, 2.24) is 29.8 Å². The number of hydrogen-bond donors (Lipinski definition) is 1. The zero-order valence-electron chi connectivity index (χ0n) is 16.6. The fourth-order valence-electron chi connectivity index (χ4n) is 3.06. The second-order valence-corrected chi connectivity index (χ2v) is 7.91. The molecule has 2 N–H and O–H groups in total. The molecule has 0 saturated carbocycles. The number of morpholine rings is 1. The molecule has 10 heteroatoms. The van der Waals surface area contributed by atoms with Crippen LogP contribution in [-0.2, 0) is 17.0 Å². The Morgan fingerprint density at radius 3 is 2.62 bits per heavy atom. The lowest BCUT2D eigenvalue weighted by Gasteiger charge is -2.25. The number of nitrogens with zero attached hydrogens (tertiary/aromatic N) is 7. The smallest absolute Gasteiger partial charge is 0.229 e. The lowest BCUT2D eigenvalue weighted by atomic mass is 10.2. The predicted octanol–water partition coefficient (Wildman–Crippen LogP) is 1.59. The van der Waals surface area contributed by atoms with Crippen molar-refractivity contribution in [2.45, 2.75) is 17.3 Å². The van der Waals surface area contributed by atoms with E-state index in [1.54, 1.807) is 11.8 Å². The SMILES string of the molecule is CN(C)c1nc(N)nc(CSc2nc(CN3CCOCC3)nc3ccccc23)n1. The Balaban J connectivity index is 1.59. The highest BCUT2D eigenvalue weighted by Gasteiger charge is 2.15. The van der Waals surface area contributed by atoms with Crippen LogP contribution in [0.15, 0.2) is 29.3 Å². The highest BCUT2D eigenvalue weighted by atomic mass is 32.2. The second kappa shape index (κ2) is 8.85. The van der Waals surface area contributed by atoms with Crippen molar-refractivity contribution < 1.29 is 4.74 Å². The van der Waals surface area contributed by atoms with Crippen molar-refractivity contribution >= 4 is 34.6 Å². The van der Waals surface area contributed by atoms with Crippen LogP contribution < -0.4 is 10.6 Å². The van der Waals surface area contributed by atoms with Crippen LogP contribution in [0.5, 0.6) is 0 Å². The van der Waals surface area contributed by atoms with Crippen LogP contribution in [0.2, 0.25) is 0 Å². The summed E-state index contributed by atoms with van der Waals surface area (Å²) in [6.45, 7) is 4.02. The molecule has 1 fully saturated rings. The molecule has 0 unspecified atom stereocenters. The summed E-state index contributed by atoms with van der Waals surface area (Å²) in [6, 6.07) is 8.07. The van der Waals surface area contributed by atoms with Gasteiger partial charge in [-0.05, 0) is 6.07 Å². The third-order valence-electron chi connectivity index (χ3n) is 4.51. The van der Waals surface area contributed by atoms with Gasteiger partial charge in [0.25, 0.3) is 0 Å². The van der Waals surface area contributed by atoms with Crippen LogP contribution in [0, 0.1) is 0 Å². The number of nitrogen functional groups attached to an aromatic ring is 1. The lowest BCUT2D eigenvalue weighted by molar-refractivity contribution is 0.0330. The van der Waals surface area contributed by atoms with Gasteiger partial charge in [-0.25, -0.2) is 9.97 Å². The average molecular weight is 413 g/mol. The molecule has 29 heavy (non-hydrogen) atoms. The van der Waals surface area contributed by atoms with Gasteiger partial charge in [0.15, 0.2) is 0 Å². The summed E-state index contributed by atoms with van der Waals surface area (Å²) >= 11 is 1.59. The van der Waals surface area contributed by atoms with Crippen molar-refractivity contribution in [2.75, 3.05) is 51.0 Å². The summed E-state index contributed by atoms with van der Waals surface area (Å²) < 4.78 is 5.44. The van der Waals surface area contributed by atoms with Gasteiger partial charge in [-0.2, -0.15) is 15.0 Å². The van der Waals surface area contributed by atoms with Crippen molar-refractivity contribution in [2.24, 2.45) is 0 Å². The molecule has 0 radical (unpaired) electrons. The maximum Gasteiger partial charge on any atom is 0.229 e. The summed E-state index contributed by atoms with van der Waals surface area (Å²) in [5.41, 5.74) is 6.79. The molecule has 1 aromatic carbocycles. The van der Waals surface area contributed by atoms with E-state index in [0.29, 0.717) is 24.1 Å². The van der Waals surface area contributed by atoms with Crippen molar-refractivity contribution in [3.63, 3.8) is 0 Å². The number of thioether (sulfide) groups is 1. The van der Waals surface area contributed by atoms with Gasteiger partial charge in [0, 0.05) is 32.6 Å². The first kappa shape index (κ1) is 19.7. The predicted molar refractivity (Wildman–Crippen MR) is 114 cm³/mol. The Labute approximate surface area is 173 Å². The maximum absolute atomic E-state index is 5.85. The number of aromatic nitrogens is 5. The summed E-state index contributed by atoms with van der Waals surface area (Å²) in [7, 11) is 3.75. The molecule has 1 aliphatic heterocycles. The summed E-state index contributed by atoms with van der Waals surface area (Å²) in [6.07, 6.45) is 0. The zero-order valence-corrected chi connectivity index (χ0v) is 17.4. The Kier molecular flexibility index (Phi) is 6.02. The first-order valence-corrected chi connectivity index (χ1v) is 10.4. The number of fused-ring (bicyclic) bond motifs is 1. The minimum absolute atomic E-state index is 0.222. The van der Waals surface area contributed by atoms with Crippen LogP contribution in [-0.4, -0.2) is 70.2 Å². The van der Waals surface area contributed by atoms with E-state index in [1.165, 1.54) is 0 Å². The van der Waals surface area contributed by atoms with Gasteiger partial charge in [-0.1, -0.05) is 30.0 Å². The number of hydrogen-bond acceptors (Lipinski definition) is 10. The molecule has 9 nitrogen and oxygen atoms in total. The standard InChI is InChI=1S/C19H24N8OS/c1-26(2)19-24-16(23-18(20)25-19)12-29-17-13-5-3-4-6-14(13)21-15(22-17)11-27-7-9-28-10-8-27/h3-6H,7-12H2,1-2H3,(H2,20,23,24,25). The fourth-order valence-corrected chi connectivity index (χ4v) is 3.95.